The van der Waals surface area contributed by atoms with E-state index in [1.165, 1.54) is 0 Å². The standard InChI is InChI=1S/C9H11ClN2O/c1-12(2)8-5-3-7(4-6-8)11-9(10)13/h3-6H,1-2H3,(H,11,13). The van der Waals surface area contributed by atoms with E-state index in [1.807, 2.05) is 31.1 Å². The van der Waals surface area contributed by atoms with E-state index in [4.69, 9.17) is 11.6 Å². The first kappa shape index (κ1) is 9.86. The predicted molar refractivity (Wildman–Crippen MR) is 55.6 cm³/mol. The van der Waals surface area contributed by atoms with Crippen LogP contribution in [0.1, 0.15) is 0 Å². The molecule has 0 aromatic heterocycles. The summed E-state index contributed by atoms with van der Waals surface area (Å²) in [6.45, 7) is 0. The monoisotopic (exact) mass is 198 g/mol. The molecule has 0 saturated carbocycles. The number of carbonyl (C=O) groups excluding carboxylic acids is 1. The summed E-state index contributed by atoms with van der Waals surface area (Å²) >= 11 is 5.15. The highest BCUT2D eigenvalue weighted by molar-refractivity contribution is 6.65. The quantitative estimate of drug-likeness (QED) is 0.585. The van der Waals surface area contributed by atoms with Gasteiger partial charge in [0.1, 0.15) is 0 Å². The van der Waals surface area contributed by atoms with Gasteiger partial charge < -0.3 is 10.2 Å². The number of amides is 1. The SMILES string of the molecule is CN(C)c1ccc(NC(=O)Cl)cc1. The van der Waals surface area contributed by atoms with Crippen molar-refractivity contribution in [3.63, 3.8) is 0 Å². The largest absolute Gasteiger partial charge is 0.378 e. The summed E-state index contributed by atoms with van der Waals surface area (Å²) in [6.07, 6.45) is 0. The smallest absolute Gasteiger partial charge is 0.318 e. The molecule has 0 heterocycles. The summed E-state index contributed by atoms with van der Waals surface area (Å²) in [7, 11) is 3.91. The van der Waals surface area contributed by atoms with Crippen molar-refractivity contribution in [3.8, 4) is 0 Å². The highest BCUT2D eigenvalue weighted by Gasteiger charge is 1.97. The molecule has 0 fully saturated rings. The number of anilines is 2. The predicted octanol–water partition coefficient (Wildman–Crippen LogP) is 2.52. The summed E-state index contributed by atoms with van der Waals surface area (Å²) < 4.78 is 0. The summed E-state index contributed by atoms with van der Waals surface area (Å²) in [6, 6.07) is 7.41. The summed E-state index contributed by atoms with van der Waals surface area (Å²) in [5.41, 5.74) is 1.78. The van der Waals surface area contributed by atoms with Crippen LogP contribution in [0.3, 0.4) is 0 Å². The van der Waals surface area contributed by atoms with Crippen LogP contribution in [0, 0.1) is 0 Å². The van der Waals surface area contributed by atoms with Crippen LogP contribution in [0.5, 0.6) is 0 Å². The van der Waals surface area contributed by atoms with Crippen LogP contribution < -0.4 is 10.2 Å². The second kappa shape index (κ2) is 4.14. The number of nitrogens with zero attached hydrogens (tertiary/aromatic N) is 1. The van der Waals surface area contributed by atoms with Crippen molar-refractivity contribution in [2.45, 2.75) is 0 Å². The third-order valence-corrected chi connectivity index (χ3v) is 1.72. The summed E-state index contributed by atoms with van der Waals surface area (Å²) in [5, 5.41) is 1.91. The highest BCUT2D eigenvalue weighted by Crippen LogP contribution is 2.15. The zero-order chi connectivity index (χ0) is 9.84. The van der Waals surface area contributed by atoms with Gasteiger partial charge in [-0.25, -0.2) is 0 Å². The third kappa shape index (κ3) is 2.95. The van der Waals surface area contributed by atoms with E-state index in [2.05, 4.69) is 5.32 Å². The summed E-state index contributed by atoms with van der Waals surface area (Å²) in [4.78, 5) is 12.5. The van der Waals surface area contributed by atoms with Crippen molar-refractivity contribution in [3.05, 3.63) is 24.3 Å². The fourth-order valence-corrected chi connectivity index (χ4v) is 1.07. The van der Waals surface area contributed by atoms with Crippen molar-refractivity contribution in [1.29, 1.82) is 0 Å². The Hall–Kier alpha value is -1.22. The van der Waals surface area contributed by atoms with Gasteiger partial charge in [0.05, 0.1) is 0 Å². The van der Waals surface area contributed by atoms with Crippen LogP contribution in [0.2, 0.25) is 0 Å². The molecule has 0 bridgehead atoms. The van der Waals surface area contributed by atoms with Crippen molar-refractivity contribution in [1.82, 2.24) is 0 Å². The number of rotatable bonds is 2. The van der Waals surface area contributed by atoms with E-state index < -0.39 is 5.37 Å². The molecule has 0 aliphatic heterocycles. The molecular formula is C9H11ClN2O. The van der Waals surface area contributed by atoms with E-state index in [9.17, 15) is 4.79 Å². The fraction of sp³-hybridized carbons (Fsp3) is 0.222. The molecule has 13 heavy (non-hydrogen) atoms. The van der Waals surface area contributed by atoms with Crippen LogP contribution >= 0.6 is 11.6 Å². The Kier molecular flexibility index (Phi) is 3.14. The number of halogens is 1. The number of carbonyl (C=O) groups is 1. The molecule has 1 amide bonds. The molecule has 0 radical (unpaired) electrons. The highest BCUT2D eigenvalue weighted by atomic mass is 35.5. The Bertz CT molecular complexity index is 295. The average molecular weight is 199 g/mol. The van der Waals surface area contributed by atoms with Crippen LogP contribution in [0.4, 0.5) is 16.2 Å². The van der Waals surface area contributed by atoms with E-state index in [0.29, 0.717) is 5.69 Å². The summed E-state index contributed by atoms with van der Waals surface area (Å²) in [5.74, 6) is 0. The number of benzene rings is 1. The molecule has 4 heteroatoms. The average Bonchev–Trinajstić information content (AvgIpc) is 2.04. The third-order valence-electron chi connectivity index (χ3n) is 1.63. The van der Waals surface area contributed by atoms with Gasteiger partial charge in [-0.2, -0.15) is 0 Å². The molecule has 0 saturated heterocycles. The lowest BCUT2D eigenvalue weighted by Gasteiger charge is -2.12. The molecule has 3 nitrogen and oxygen atoms in total. The van der Waals surface area contributed by atoms with Gasteiger partial charge in [-0.3, -0.25) is 4.79 Å². The second-order valence-electron chi connectivity index (χ2n) is 2.84. The van der Waals surface area contributed by atoms with Gasteiger partial charge in [0.2, 0.25) is 0 Å². The zero-order valence-electron chi connectivity index (χ0n) is 7.54. The maximum atomic E-state index is 10.5. The van der Waals surface area contributed by atoms with Gasteiger partial charge in [-0.15, -0.1) is 0 Å². The van der Waals surface area contributed by atoms with E-state index in [0.717, 1.165) is 5.69 Å². The molecule has 1 aromatic rings. The molecule has 0 spiro atoms. The first-order valence-electron chi connectivity index (χ1n) is 3.83. The Morgan fingerprint density at radius 3 is 2.23 bits per heavy atom. The van der Waals surface area contributed by atoms with Gasteiger partial charge >= 0.3 is 5.37 Å². The Morgan fingerprint density at radius 1 is 1.31 bits per heavy atom. The van der Waals surface area contributed by atoms with Gasteiger partial charge in [0, 0.05) is 25.5 Å². The van der Waals surface area contributed by atoms with Gasteiger partial charge in [-0.1, -0.05) is 0 Å². The lowest BCUT2D eigenvalue weighted by Crippen LogP contribution is -2.08. The lowest BCUT2D eigenvalue weighted by molar-refractivity contribution is 0.269. The number of hydrogen-bond acceptors (Lipinski definition) is 2. The van der Waals surface area contributed by atoms with Crippen LogP contribution in [0.15, 0.2) is 24.3 Å². The number of nitrogens with one attached hydrogen (secondary N) is 1. The molecular weight excluding hydrogens is 188 g/mol. The van der Waals surface area contributed by atoms with Crippen molar-refractivity contribution >= 4 is 28.3 Å². The number of hydrogen-bond donors (Lipinski definition) is 1. The lowest BCUT2D eigenvalue weighted by atomic mass is 10.3. The van der Waals surface area contributed by atoms with Crippen LogP contribution in [-0.2, 0) is 0 Å². The van der Waals surface area contributed by atoms with Gasteiger partial charge in [0.15, 0.2) is 0 Å². The van der Waals surface area contributed by atoms with Gasteiger partial charge in [-0.05, 0) is 35.9 Å². The Morgan fingerprint density at radius 2 is 1.85 bits per heavy atom. The molecule has 0 aliphatic carbocycles. The normalized spacial score (nSPS) is 9.46. The molecule has 0 unspecified atom stereocenters. The topological polar surface area (TPSA) is 32.3 Å². The molecule has 0 aliphatic rings. The Labute approximate surface area is 82.3 Å². The molecule has 0 atom stereocenters. The van der Waals surface area contributed by atoms with Gasteiger partial charge in [0.25, 0.3) is 0 Å². The molecule has 1 rings (SSSR count). The van der Waals surface area contributed by atoms with Crippen molar-refractivity contribution in [2.24, 2.45) is 0 Å². The van der Waals surface area contributed by atoms with Crippen LogP contribution in [0.25, 0.3) is 0 Å². The fourth-order valence-electron chi connectivity index (χ4n) is 0.956. The minimum absolute atomic E-state index is 0.572. The second-order valence-corrected chi connectivity index (χ2v) is 3.18. The molecule has 1 N–H and O–H groups in total. The minimum Gasteiger partial charge on any atom is -0.378 e. The van der Waals surface area contributed by atoms with E-state index in [-0.39, 0.29) is 0 Å². The first-order chi connectivity index (χ1) is 6.09. The maximum Gasteiger partial charge on any atom is 0.318 e. The van der Waals surface area contributed by atoms with Crippen LogP contribution in [-0.4, -0.2) is 19.5 Å². The first-order valence-corrected chi connectivity index (χ1v) is 4.21. The van der Waals surface area contributed by atoms with Crippen molar-refractivity contribution in [2.75, 3.05) is 24.3 Å². The maximum absolute atomic E-state index is 10.5. The molecule has 70 valence electrons. The molecule has 1 aromatic carbocycles. The zero-order valence-corrected chi connectivity index (χ0v) is 8.30. The van der Waals surface area contributed by atoms with E-state index >= 15 is 0 Å². The van der Waals surface area contributed by atoms with Crippen molar-refractivity contribution < 1.29 is 4.79 Å². The van der Waals surface area contributed by atoms with E-state index in [1.54, 1.807) is 12.1 Å². The minimum atomic E-state index is -0.572. The Balaban J connectivity index is 2.75.